The molecule has 0 aromatic heterocycles. The number of carbonyl (C=O) groups is 3. The SMILES string of the molecule is CC(C)(C)OC(=O)N[C@H](Cc1ccc(C(=O)c2cc(Br)ccc2Br)cc1)C(=O)O. The van der Waals surface area contributed by atoms with E-state index in [1.54, 1.807) is 57.2 Å². The molecule has 8 heteroatoms. The lowest BCUT2D eigenvalue weighted by molar-refractivity contribution is -0.139. The molecule has 0 unspecified atom stereocenters. The second kappa shape index (κ2) is 9.54. The molecule has 6 nitrogen and oxygen atoms in total. The number of amides is 1. The van der Waals surface area contributed by atoms with E-state index >= 15 is 0 Å². The van der Waals surface area contributed by atoms with Gasteiger partial charge in [0.05, 0.1) is 0 Å². The van der Waals surface area contributed by atoms with Crippen molar-refractivity contribution in [3.8, 4) is 0 Å². The summed E-state index contributed by atoms with van der Waals surface area (Å²) in [6.45, 7) is 5.09. The molecule has 2 rings (SSSR count). The number of ketones is 1. The first-order chi connectivity index (χ1) is 13.5. The van der Waals surface area contributed by atoms with Gasteiger partial charge in [0.15, 0.2) is 5.78 Å². The number of carboxylic acids is 1. The molecule has 2 aromatic rings. The van der Waals surface area contributed by atoms with Gasteiger partial charge in [0.2, 0.25) is 0 Å². The van der Waals surface area contributed by atoms with E-state index in [0.717, 1.165) is 4.47 Å². The first-order valence-corrected chi connectivity index (χ1v) is 10.4. The summed E-state index contributed by atoms with van der Waals surface area (Å²) in [5, 5.41) is 11.8. The first kappa shape index (κ1) is 23.1. The van der Waals surface area contributed by atoms with Gasteiger partial charge in [-0.1, -0.05) is 56.1 Å². The summed E-state index contributed by atoms with van der Waals surface area (Å²) in [6.07, 6.45) is -0.736. The van der Waals surface area contributed by atoms with E-state index in [0.29, 0.717) is 21.2 Å². The smallest absolute Gasteiger partial charge is 0.408 e. The molecule has 0 radical (unpaired) electrons. The van der Waals surface area contributed by atoms with E-state index in [2.05, 4.69) is 37.2 Å². The molecular weight excluding hydrogens is 506 g/mol. The molecule has 0 aliphatic rings. The van der Waals surface area contributed by atoms with E-state index in [9.17, 15) is 19.5 Å². The molecule has 154 valence electrons. The average Bonchev–Trinajstić information content (AvgIpc) is 2.61. The van der Waals surface area contributed by atoms with Crippen LogP contribution < -0.4 is 5.32 Å². The van der Waals surface area contributed by atoms with Crippen molar-refractivity contribution in [2.45, 2.75) is 38.8 Å². The minimum Gasteiger partial charge on any atom is -0.480 e. The highest BCUT2D eigenvalue weighted by molar-refractivity contribution is 9.11. The molecule has 2 aromatic carbocycles. The molecular formula is C21H21Br2NO5. The Kier molecular flexibility index (Phi) is 7.60. The summed E-state index contributed by atoms with van der Waals surface area (Å²) in [5.41, 5.74) is 0.926. The van der Waals surface area contributed by atoms with Crippen molar-refractivity contribution in [2.24, 2.45) is 0 Å². The summed E-state index contributed by atoms with van der Waals surface area (Å²) in [7, 11) is 0. The van der Waals surface area contributed by atoms with Crippen molar-refractivity contribution in [1.82, 2.24) is 5.32 Å². The van der Waals surface area contributed by atoms with Crippen molar-refractivity contribution in [3.63, 3.8) is 0 Å². The zero-order valence-electron chi connectivity index (χ0n) is 16.2. The van der Waals surface area contributed by atoms with Crippen LogP contribution in [0.3, 0.4) is 0 Å². The fourth-order valence-corrected chi connectivity index (χ4v) is 3.29. The minimum atomic E-state index is -1.17. The predicted molar refractivity (Wildman–Crippen MR) is 116 cm³/mol. The topological polar surface area (TPSA) is 92.7 Å². The maximum Gasteiger partial charge on any atom is 0.408 e. The summed E-state index contributed by atoms with van der Waals surface area (Å²) in [4.78, 5) is 36.1. The van der Waals surface area contributed by atoms with Crippen LogP contribution in [0.15, 0.2) is 51.4 Å². The number of hydrogen-bond donors (Lipinski definition) is 2. The van der Waals surface area contributed by atoms with Crippen LogP contribution in [0, 0.1) is 0 Å². The van der Waals surface area contributed by atoms with Gasteiger partial charge in [-0.15, -0.1) is 0 Å². The highest BCUT2D eigenvalue weighted by atomic mass is 79.9. The van der Waals surface area contributed by atoms with Crippen LogP contribution in [0.1, 0.15) is 42.3 Å². The van der Waals surface area contributed by atoms with Crippen molar-refractivity contribution >= 4 is 49.7 Å². The number of ether oxygens (including phenoxy) is 1. The van der Waals surface area contributed by atoms with Crippen LogP contribution in [-0.4, -0.2) is 34.6 Å². The van der Waals surface area contributed by atoms with Crippen LogP contribution in [0.5, 0.6) is 0 Å². The van der Waals surface area contributed by atoms with Crippen LogP contribution in [0.25, 0.3) is 0 Å². The highest BCUT2D eigenvalue weighted by Gasteiger charge is 2.24. The Morgan fingerprint density at radius 1 is 1.07 bits per heavy atom. The molecule has 0 spiro atoms. The number of nitrogens with one attached hydrogen (secondary N) is 1. The summed E-state index contributed by atoms with van der Waals surface area (Å²) < 4.78 is 6.58. The number of benzene rings is 2. The lowest BCUT2D eigenvalue weighted by atomic mass is 9.99. The fourth-order valence-electron chi connectivity index (χ4n) is 2.50. The van der Waals surface area contributed by atoms with Gasteiger partial charge >= 0.3 is 12.1 Å². The normalized spacial score (nSPS) is 12.2. The molecule has 0 saturated heterocycles. The molecule has 0 bridgehead atoms. The molecule has 29 heavy (non-hydrogen) atoms. The van der Waals surface area contributed by atoms with Crippen LogP contribution in [0.2, 0.25) is 0 Å². The number of carbonyl (C=O) groups excluding carboxylic acids is 2. The Balaban J connectivity index is 2.12. The van der Waals surface area contributed by atoms with Gasteiger partial charge in [-0.25, -0.2) is 9.59 Å². The van der Waals surface area contributed by atoms with Crippen LogP contribution in [-0.2, 0) is 16.0 Å². The second-order valence-corrected chi connectivity index (χ2v) is 9.16. The molecule has 0 aliphatic heterocycles. The zero-order chi connectivity index (χ0) is 21.8. The fraction of sp³-hybridized carbons (Fsp3) is 0.286. The average molecular weight is 527 g/mol. The van der Waals surface area contributed by atoms with E-state index in [1.807, 2.05) is 6.07 Å². The maximum atomic E-state index is 12.7. The number of hydrogen-bond acceptors (Lipinski definition) is 4. The summed E-state index contributed by atoms with van der Waals surface area (Å²) in [5.74, 6) is -1.33. The van der Waals surface area contributed by atoms with Gasteiger partial charge < -0.3 is 15.2 Å². The summed E-state index contributed by atoms with van der Waals surface area (Å²) >= 11 is 6.73. The van der Waals surface area contributed by atoms with Crippen LogP contribution in [0.4, 0.5) is 4.79 Å². The molecule has 0 aliphatic carbocycles. The Morgan fingerprint density at radius 3 is 2.24 bits per heavy atom. The Labute approximate surface area is 185 Å². The first-order valence-electron chi connectivity index (χ1n) is 8.77. The van der Waals surface area contributed by atoms with E-state index < -0.39 is 23.7 Å². The quantitative estimate of drug-likeness (QED) is 0.519. The lowest BCUT2D eigenvalue weighted by Crippen LogP contribution is -2.44. The van der Waals surface area contributed by atoms with Crippen LogP contribution >= 0.6 is 31.9 Å². The third-order valence-corrected chi connectivity index (χ3v) is 5.00. The second-order valence-electron chi connectivity index (χ2n) is 7.39. The molecule has 1 atom stereocenters. The van der Waals surface area contributed by atoms with Gasteiger partial charge in [0.25, 0.3) is 0 Å². The van der Waals surface area contributed by atoms with Crippen molar-refractivity contribution in [2.75, 3.05) is 0 Å². The molecule has 1 amide bonds. The van der Waals surface area contributed by atoms with Gasteiger partial charge in [-0.2, -0.15) is 0 Å². The molecule has 2 N–H and O–H groups in total. The molecule has 0 fully saturated rings. The number of aliphatic carboxylic acids is 1. The van der Waals surface area contributed by atoms with Crippen molar-refractivity contribution in [1.29, 1.82) is 0 Å². The Hall–Kier alpha value is -2.19. The Bertz CT molecular complexity index is 920. The van der Waals surface area contributed by atoms with Gasteiger partial charge in [-0.05, 0) is 44.5 Å². The number of alkyl carbamates (subject to hydrolysis) is 1. The predicted octanol–water partition coefficient (Wildman–Crippen LogP) is 4.96. The number of carboxylic acid groups (broad SMARTS) is 1. The number of halogens is 2. The minimum absolute atomic E-state index is 0.0592. The number of rotatable bonds is 6. The molecule has 0 saturated carbocycles. The molecule has 0 heterocycles. The third kappa shape index (κ3) is 6.97. The maximum absolute atomic E-state index is 12.7. The zero-order valence-corrected chi connectivity index (χ0v) is 19.3. The van der Waals surface area contributed by atoms with Gasteiger partial charge in [0, 0.05) is 26.5 Å². The monoisotopic (exact) mass is 525 g/mol. The van der Waals surface area contributed by atoms with Gasteiger partial charge in [0.1, 0.15) is 11.6 Å². The van der Waals surface area contributed by atoms with E-state index in [-0.39, 0.29) is 12.2 Å². The van der Waals surface area contributed by atoms with E-state index in [1.165, 1.54) is 0 Å². The van der Waals surface area contributed by atoms with Gasteiger partial charge in [-0.3, -0.25) is 4.79 Å². The van der Waals surface area contributed by atoms with E-state index in [4.69, 9.17) is 4.74 Å². The van der Waals surface area contributed by atoms with Crippen molar-refractivity contribution in [3.05, 3.63) is 68.1 Å². The lowest BCUT2D eigenvalue weighted by Gasteiger charge is -2.22. The standard InChI is InChI=1S/C21H21Br2NO5/c1-21(2,3)29-20(28)24-17(19(26)27)10-12-4-6-13(7-5-12)18(25)15-11-14(22)8-9-16(15)23/h4-9,11,17H,10H2,1-3H3,(H,24,28)(H,26,27)/t17-/m1/s1. The third-order valence-electron chi connectivity index (χ3n) is 3.82. The van der Waals surface area contributed by atoms with Crippen molar-refractivity contribution < 1.29 is 24.2 Å². The Morgan fingerprint density at radius 2 is 1.69 bits per heavy atom. The summed E-state index contributed by atoms with van der Waals surface area (Å²) in [6, 6.07) is 10.8. The largest absolute Gasteiger partial charge is 0.480 e. The highest BCUT2D eigenvalue weighted by Crippen LogP contribution is 2.24.